The van der Waals surface area contributed by atoms with Gasteiger partial charge in [0.15, 0.2) is 5.82 Å². The lowest BCUT2D eigenvalue weighted by Crippen LogP contribution is -2.53. The Labute approximate surface area is 122 Å². The Morgan fingerprint density at radius 1 is 1.42 bits per heavy atom. The highest BCUT2D eigenvalue weighted by Gasteiger charge is 2.43. The summed E-state index contributed by atoms with van der Waals surface area (Å²) >= 11 is 3.38. The van der Waals surface area contributed by atoms with Crippen molar-refractivity contribution < 1.29 is 5.11 Å². The lowest BCUT2D eigenvalue weighted by Gasteiger charge is -2.47. The predicted molar refractivity (Wildman–Crippen MR) is 80.1 cm³/mol. The van der Waals surface area contributed by atoms with E-state index in [1.54, 1.807) is 6.20 Å². The van der Waals surface area contributed by atoms with E-state index >= 15 is 0 Å². The van der Waals surface area contributed by atoms with Crippen LogP contribution < -0.4 is 10.6 Å². The molecule has 1 aromatic rings. The molecule has 2 unspecified atom stereocenters. The van der Waals surface area contributed by atoms with Gasteiger partial charge in [-0.15, -0.1) is 0 Å². The molecule has 0 radical (unpaired) electrons. The molecule has 2 aliphatic rings. The highest BCUT2D eigenvalue weighted by atomic mass is 79.9. The molecule has 1 saturated heterocycles. The highest BCUT2D eigenvalue weighted by Crippen LogP contribution is 2.41. The van der Waals surface area contributed by atoms with E-state index in [1.807, 2.05) is 6.07 Å². The fourth-order valence-corrected chi connectivity index (χ4v) is 3.82. The first-order valence-corrected chi connectivity index (χ1v) is 7.76. The number of hydrogen-bond donors (Lipinski definition) is 2. The number of rotatable bonds is 1. The van der Waals surface area contributed by atoms with Gasteiger partial charge in [-0.25, -0.2) is 4.98 Å². The van der Waals surface area contributed by atoms with E-state index in [2.05, 4.69) is 25.8 Å². The lowest BCUT2D eigenvalue weighted by atomic mass is 9.71. The molecule has 1 aromatic heterocycles. The van der Waals surface area contributed by atoms with E-state index in [4.69, 9.17) is 5.73 Å². The Morgan fingerprint density at radius 3 is 3.05 bits per heavy atom. The molecular weight excluding hydrogens is 306 g/mol. The predicted octanol–water partition coefficient (Wildman–Crippen LogP) is 2.56. The third-order valence-electron chi connectivity index (χ3n) is 4.59. The number of piperidine rings is 1. The molecule has 0 spiro atoms. The zero-order chi connectivity index (χ0) is 13.5. The normalized spacial score (nSPS) is 31.1. The molecule has 4 nitrogen and oxygen atoms in total. The number of pyridine rings is 1. The van der Waals surface area contributed by atoms with Gasteiger partial charge in [0, 0.05) is 29.7 Å². The standard InChI is InChI=1S/C14H20BrN3O/c15-11-7-12(16)13(17-8-11)18-6-5-14(19)4-2-1-3-10(14)9-18/h7-8,10,19H,1-6,9,16H2. The largest absolute Gasteiger partial charge is 0.396 e. The summed E-state index contributed by atoms with van der Waals surface area (Å²) in [5.74, 6) is 1.22. The second kappa shape index (κ2) is 4.94. The Hall–Kier alpha value is -0.810. The van der Waals surface area contributed by atoms with Gasteiger partial charge in [0.25, 0.3) is 0 Å². The number of halogens is 1. The minimum Gasteiger partial charge on any atom is -0.396 e. The second-order valence-corrected chi connectivity index (χ2v) is 6.72. The summed E-state index contributed by atoms with van der Waals surface area (Å²) in [5.41, 5.74) is 6.32. The average molecular weight is 326 g/mol. The van der Waals surface area contributed by atoms with E-state index < -0.39 is 5.60 Å². The molecule has 5 heteroatoms. The average Bonchev–Trinajstić information content (AvgIpc) is 2.38. The molecule has 1 aliphatic heterocycles. The van der Waals surface area contributed by atoms with Gasteiger partial charge in [-0.05, 0) is 41.3 Å². The smallest absolute Gasteiger partial charge is 0.151 e. The minimum atomic E-state index is -0.446. The van der Waals surface area contributed by atoms with Crippen molar-refractivity contribution >= 4 is 27.4 Å². The molecule has 1 saturated carbocycles. The van der Waals surface area contributed by atoms with Crippen molar-refractivity contribution in [1.82, 2.24) is 4.98 Å². The van der Waals surface area contributed by atoms with Crippen LogP contribution in [-0.4, -0.2) is 28.8 Å². The Morgan fingerprint density at radius 2 is 2.26 bits per heavy atom. The Balaban J connectivity index is 1.80. The summed E-state index contributed by atoms with van der Waals surface area (Å²) in [6, 6.07) is 1.89. The summed E-state index contributed by atoms with van der Waals surface area (Å²) in [6.45, 7) is 1.71. The zero-order valence-electron chi connectivity index (χ0n) is 11.0. The first-order valence-electron chi connectivity index (χ1n) is 6.97. The topological polar surface area (TPSA) is 62.4 Å². The number of anilines is 2. The van der Waals surface area contributed by atoms with Crippen molar-refractivity contribution in [3.05, 3.63) is 16.7 Å². The summed E-state index contributed by atoms with van der Waals surface area (Å²) in [4.78, 5) is 6.66. The Bertz CT molecular complexity index is 482. The summed E-state index contributed by atoms with van der Waals surface area (Å²) in [5, 5.41) is 10.7. The van der Waals surface area contributed by atoms with Crippen molar-refractivity contribution in [1.29, 1.82) is 0 Å². The van der Waals surface area contributed by atoms with Crippen LogP contribution in [0.4, 0.5) is 11.5 Å². The fourth-order valence-electron chi connectivity index (χ4n) is 3.48. The van der Waals surface area contributed by atoms with E-state index in [-0.39, 0.29) is 0 Å². The van der Waals surface area contributed by atoms with E-state index in [1.165, 1.54) is 6.42 Å². The molecule has 0 aromatic carbocycles. The van der Waals surface area contributed by atoms with Gasteiger partial charge in [-0.3, -0.25) is 0 Å². The van der Waals surface area contributed by atoms with Crippen molar-refractivity contribution in [2.24, 2.45) is 5.92 Å². The fraction of sp³-hybridized carbons (Fsp3) is 0.643. The van der Waals surface area contributed by atoms with Crippen molar-refractivity contribution in [2.75, 3.05) is 23.7 Å². The molecule has 3 rings (SSSR count). The number of aliphatic hydroxyl groups is 1. The highest BCUT2D eigenvalue weighted by molar-refractivity contribution is 9.10. The van der Waals surface area contributed by atoms with Gasteiger partial charge in [0.2, 0.25) is 0 Å². The molecule has 19 heavy (non-hydrogen) atoms. The van der Waals surface area contributed by atoms with Gasteiger partial charge in [-0.1, -0.05) is 12.8 Å². The molecule has 3 N–H and O–H groups in total. The lowest BCUT2D eigenvalue weighted by molar-refractivity contribution is -0.0613. The van der Waals surface area contributed by atoms with Crippen LogP contribution in [0, 0.1) is 5.92 Å². The van der Waals surface area contributed by atoms with Crippen LogP contribution in [0.5, 0.6) is 0 Å². The van der Waals surface area contributed by atoms with Gasteiger partial charge < -0.3 is 15.7 Å². The molecule has 2 atom stereocenters. The summed E-state index contributed by atoms with van der Waals surface area (Å²) in [7, 11) is 0. The first kappa shape index (κ1) is 13.2. The number of hydrogen-bond acceptors (Lipinski definition) is 4. The van der Waals surface area contributed by atoms with Crippen LogP contribution >= 0.6 is 15.9 Å². The van der Waals surface area contributed by atoms with Crippen LogP contribution in [0.25, 0.3) is 0 Å². The summed E-state index contributed by atoms with van der Waals surface area (Å²) in [6.07, 6.45) is 7.07. The molecule has 1 aliphatic carbocycles. The number of nitrogens with two attached hydrogens (primary N) is 1. The van der Waals surface area contributed by atoms with Crippen LogP contribution in [0.15, 0.2) is 16.7 Å². The van der Waals surface area contributed by atoms with Crippen molar-refractivity contribution in [3.63, 3.8) is 0 Å². The monoisotopic (exact) mass is 325 g/mol. The van der Waals surface area contributed by atoms with E-state index in [9.17, 15) is 5.11 Å². The molecule has 0 bridgehead atoms. The first-order chi connectivity index (χ1) is 9.08. The number of nitrogens with zero attached hydrogens (tertiary/aromatic N) is 2. The maximum absolute atomic E-state index is 10.7. The molecule has 2 heterocycles. The third-order valence-corrected chi connectivity index (χ3v) is 5.02. The maximum atomic E-state index is 10.7. The van der Waals surface area contributed by atoms with E-state index in [0.29, 0.717) is 11.6 Å². The number of fused-ring (bicyclic) bond motifs is 1. The third kappa shape index (κ3) is 2.46. The number of nitrogen functional groups attached to an aromatic ring is 1. The van der Waals surface area contributed by atoms with Crippen LogP contribution in [0.3, 0.4) is 0 Å². The molecule has 2 fully saturated rings. The molecule has 104 valence electrons. The SMILES string of the molecule is Nc1cc(Br)cnc1N1CCC2(O)CCCCC2C1. The van der Waals surface area contributed by atoms with Crippen molar-refractivity contribution in [2.45, 2.75) is 37.7 Å². The minimum absolute atomic E-state index is 0.361. The van der Waals surface area contributed by atoms with E-state index in [0.717, 1.165) is 49.1 Å². The Kier molecular flexibility index (Phi) is 3.43. The number of aromatic nitrogens is 1. The van der Waals surface area contributed by atoms with Gasteiger partial charge in [0.05, 0.1) is 11.3 Å². The van der Waals surface area contributed by atoms with Crippen LogP contribution in [-0.2, 0) is 0 Å². The molecular formula is C14H20BrN3O. The van der Waals surface area contributed by atoms with Gasteiger partial charge >= 0.3 is 0 Å². The zero-order valence-corrected chi connectivity index (χ0v) is 12.6. The van der Waals surface area contributed by atoms with Gasteiger partial charge in [0.1, 0.15) is 0 Å². The quantitative estimate of drug-likeness (QED) is 0.833. The van der Waals surface area contributed by atoms with Crippen LogP contribution in [0.1, 0.15) is 32.1 Å². The second-order valence-electron chi connectivity index (χ2n) is 5.81. The van der Waals surface area contributed by atoms with Gasteiger partial charge in [-0.2, -0.15) is 0 Å². The summed E-state index contributed by atoms with van der Waals surface area (Å²) < 4.78 is 0.903. The van der Waals surface area contributed by atoms with Crippen LogP contribution in [0.2, 0.25) is 0 Å². The maximum Gasteiger partial charge on any atom is 0.151 e. The van der Waals surface area contributed by atoms with Crippen molar-refractivity contribution in [3.8, 4) is 0 Å². The molecule has 0 amide bonds.